The summed E-state index contributed by atoms with van der Waals surface area (Å²) in [5.41, 5.74) is 1.38. The number of hydrogen-bond acceptors (Lipinski definition) is 7. The molecule has 0 aliphatic carbocycles. The normalized spacial score (nSPS) is 17.7. The second-order valence-electron chi connectivity index (χ2n) is 8.57. The lowest BCUT2D eigenvalue weighted by Gasteiger charge is -2.18. The third-order valence-corrected chi connectivity index (χ3v) is 7.25. The molecule has 186 valence electrons. The molecule has 2 aromatic heterocycles. The molecule has 0 amide bonds. The zero-order valence-electron chi connectivity index (χ0n) is 19.9. The predicted octanol–water partition coefficient (Wildman–Crippen LogP) is 5.72. The fourth-order valence-electron chi connectivity index (χ4n) is 3.80. The summed E-state index contributed by atoms with van der Waals surface area (Å²) in [5, 5.41) is 3.09. The highest BCUT2D eigenvalue weighted by Gasteiger charge is 2.16. The molecule has 4 rings (SSSR count). The number of anilines is 2. The van der Waals surface area contributed by atoms with Gasteiger partial charge in [-0.3, -0.25) is 0 Å². The van der Waals surface area contributed by atoms with Crippen LogP contribution in [-0.2, 0) is 15.5 Å². The molecule has 3 heterocycles. The van der Waals surface area contributed by atoms with Crippen molar-refractivity contribution in [2.24, 2.45) is 4.36 Å². The fraction of sp³-hybridized carbons (Fsp3) is 0.360. The number of aromatic nitrogens is 2. The number of pyridine rings is 2. The van der Waals surface area contributed by atoms with E-state index in [0.717, 1.165) is 24.6 Å². The van der Waals surface area contributed by atoms with E-state index in [4.69, 9.17) is 9.47 Å². The van der Waals surface area contributed by atoms with Gasteiger partial charge >= 0.3 is 0 Å². The van der Waals surface area contributed by atoms with Gasteiger partial charge in [0, 0.05) is 46.3 Å². The van der Waals surface area contributed by atoms with Crippen LogP contribution < -0.4 is 14.8 Å². The molecule has 1 unspecified atom stereocenters. The Labute approximate surface area is 204 Å². The first-order valence-corrected chi connectivity index (χ1v) is 13.4. The highest BCUT2D eigenvalue weighted by Crippen LogP contribution is 2.34. The number of nitrogens with zero attached hydrogens (tertiary/aromatic N) is 3. The standard InChI is InChI=1S/C25H28F2N4O3S/c1-16-6-4-5-9-33-22-12-18(26)7-8-19(22)20-13-23(29-14-21(20)27)30-24-10-17(11-25(31-24)34-16)15-35(3,32)28-2/h7-8,10-14,16H,4-6,9,15H2,1-3H3,(H,29,30,31)/t16?,35-/m0/s1. The fourth-order valence-corrected chi connectivity index (χ4v) is 4.72. The molecule has 0 saturated carbocycles. The van der Waals surface area contributed by atoms with E-state index in [1.165, 1.54) is 31.3 Å². The zero-order chi connectivity index (χ0) is 25.0. The number of ether oxygens (including phenoxy) is 2. The van der Waals surface area contributed by atoms with E-state index in [-0.39, 0.29) is 23.2 Å². The molecule has 1 aliphatic rings. The van der Waals surface area contributed by atoms with Gasteiger partial charge in [-0.05, 0) is 56.0 Å². The molecule has 35 heavy (non-hydrogen) atoms. The lowest BCUT2D eigenvalue weighted by molar-refractivity contribution is 0.194. The smallest absolute Gasteiger partial charge is 0.215 e. The van der Waals surface area contributed by atoms with Gasteiger partial charge in [0.05, 0.1) is 24.7 Å². The number of halogens is 2. The summed E-state index contributed by atoms with van der Waals surface area (Å²) in [6, 6.07) is 9.04. The molecule has 1 N–H and O–H groups in total. The average Bonchev–Trinajstić information content (AvgIpc) is 2.79. The number of nitrogens with one attached hydrogen (secondary N) is 1. The summed E-state index contributed by atoms with van der Waals surface area (Å²) < 4.78 is 57.3. The third-order valence-electron chi connectivity index (χ3n) is 5.61. The highest BCUT2D eigenvalue weighted by atomic mass is 32.2. The second-order valence-corrected chi connectivity index (χ2v) is 11.1. The van der Waals surface area contributed by atoms with Crippen molar-refractivity contribution < 1.29 is 22.5 Å². The molecular weight excluding hydrogens is 474 g/mol. The number of fused-ring (bicyclic) bond motifs is 6. The minimum absolute atomic E-state index is 0.124. The second kappa shape index (κ2) is 10.6. The van der Waals surface area contributed by atoms with Crippen LogP contribution in [0, 0.1) is 11.6 Å². The lowest BCUT2D eigenvalue weighted by Crippen LogP contribution is -2.14. The lowest BCUT2D eigenvalue weighted by atomic mass is 10.0. The quantitative estimate of drug-likeness (QED) is 0.482. The van der Waals surface area contributed by atoms with Crippen molar-refractivity contribution >= 4 is 21.4 Å². The number of benzene rings is 1. The van der Waals surface area contributed by atoms with Gasteiger partial charge in [-0.2, -0.15) is 4.98 Å². The molecule has 7 nitrogen and oxygen atoms in total. The van der Waals surface area contributed by atoms with Crippen LogP contribution >= 0.6 is 0 Å². The van der Waals surface area contributed by atoms with Crippen LogP contribution in [0.4, 0.5) is 20.4 Å². The van der Waals surface area contributed by atoms with Gasteiger partial charge in [0.1, 0.15) is 29.0 Å². The van der Waals surface area contributed by atoms with Gasteiger partial charge in [-0.25, -0.2) is 22.3 Å². The van der Waals surface area contributed by atoms with E-state index in [1.807, 2.05) is 6.92 Å². The van der Waals surface area contributed by atoms with Crippen LogP contribution in [-0.4, -0.2) is 40.2 Å². The predicted molar refractivity (Wildman–Crippen MR) is 133 cm³/mol. The summed E-state index contributed by atoms with van der Waals surface area (Å²) in [5.74, 6) is 0.574. The summed E-state index contributed by atoms with van der Waals surface area (Å²) in [6.45, 7) is 2.30. The van der Waals surface area contributed by atoms with E-state index >= 15 is 0 Å². The molecule has 0 radical (unpaired) electrons. The minimum atomic E-state index is -2.42. The summed E-state index contributed by atoms with van der Waals surface area (Å²) in [7, 11) is -0.885. The Balaban J connectivity index is 1.79. The maximum atomic E-state index is 14.8. The van der Waals surface area contributed by atoms with Crippen molar-refractivity contribution in [3.05, 3.63) is 59.8 Å². The van der Waals surface area contributed by atoms with E-state index in [0.29, 0.717) is 36.1 Å². The molecule has 1 aromatic carbocycles. The Morgan fingerprint density at radius 3 is 2.77 bits per heavy atom. The molecule has 0 spiro atoms. The molecule has 3 aromatic rings. The van der Waals surface area contributed by atoms with Gasteiger partial charge in [0.15, 0.2) is 0 Å². The maximum absolute atomic E-state index is 14.8. The topological polar surface area (TPSA) is 85.7 Å². The van der Waals surface area contributed by atoms with Crippen LogP contribution in [0.3, 0.4) is 0 Å². The molecular formula is C25H28F2N4O3S. The monoisotopic (exact) mass is 502 g/mol. The van der Waals surface area contributed by atoms with E-state index in [1.54, 1.807) is 18.4 Å². The molecule has 0 fully saturated rings. The van der Waals surface area contributed by atoms with Gasteiger partial charge < -0.3 is 14.8 Å². The van der Waals surface area contributed by atoms with Crippen LogP contribution in [0.1, 0.15) is 31.7 Å². The maximum Gasteiger partial charge on any atom is 0.215 e. The Morgan fingerprint density at radius 1 is 1.14 bits per heavy atom. The van der Waals surface area contributed by atoms with Crippen LogP contribution in [0.5, 0.6) is 11.6 Å². The largest absolute Gasteiger partial charge is 0.493 e. The van der Waals surface area contributed by atoms with Gasteiger partial charge in [0.2, 0.25) is 5.88 Å². The van der Waals surface area contributed by atoms with Crippen molar-refractivity contribution in [3.63, 3.8) is 0 Å². The van der Waals surface area contributed by atoms with Gasteiger partial charge in [-0.1, -0.05) is 0 Å². The Morgan fingerprint density at radius 2 is 1.97 bits per heavy atom. The Kier molecular flexibility index (Phi) is 7.49. The molecule has 1 aliphatic heterocycles. The van der Waals surface area contributed by atoms with Crippen LogP contribution in [0.2, 0.25) is 0 Å². The SMILES string of the molecule is CN=[S@@](C)(=O)Cc1cc2nc(c1)OC(C)CCCCOc1cc(F)ccc1-c1cc(ncc1F)N2. The molecule has 2 atom stereocenters. The zero-order valence-corrected chi connectivity index (χ0v) is 20.7. The average molecular weight is 503 g/mol. The summed E-state index contributed by atoms with van der Waals surface area (Å²) >= 11 is 0. The van der Waals surface area contributed by atoms with Crippen LogP contribution in [0.15, 0.2) is 47.0 Å². The van der Waals surface area contributed by atoms with Crippen molar-refractivity contribution in [3.8, 4) is 22.8 Å². The molecule has 4 bridgehead atoms. The van der Waals surface area contributed by atoms with Gasteiger partial charge in [0.25, 0.3) is 0 Å². The highest BCUT2D eigenvalue weighted by molar-refractivity contribution is 7.92. The van der Waals surface area contributed by atoms with Crippen molar-refractivity contribution in [1.29, 1.82) is 0 Å². The molecule has 10 heteroatoms. The summed E-state index contributed by atoms with van der Waals surface area (Å²) in [4.78, 5) is 8.67. The Hall–Kier alpha value is -3.27. The molecule has 0 saturated heterocycles. The first-order valence-electron chi connectivity index (χ1n) is 11.3. The van der Waals surface area contributed by atoms with Crippen LogP contribution in [0.25, 0.3) is 11.1 Å². The number of rotatable bonds is 2. The Bertz CT molecular complexity index is 1340. The van der Waals surface area contributed by atoms with Gasteiger partial charge in [-0.15, -0.1) is 0 Å². The summed E-state index contributed by atoms with van der Waals surface area (Å²) in [6.07, 6.45) is 4.83. The van der Waals surface area contributed by atoms with Crippen molar-refractivity contribution in [2.75, 3.05) is 25.2 Å². The van der Waals surface area contributed by atoms with E-state index in [2.05, 4.69) is 19.6 Å². The van der Waals surface area contributed by atoms with Crippen molar-refractivity contribution in [2.45, 2.75) is 38.0 Å². The first kappa shape index (κ1) is 24.8. The number of hydrogen-bond donors (Lipinski definition) is 1. The minimum Gasteiger partial charge on any atom is -0.493 e. The van der Waals surface area contributed by atoms with Crippen molar-refractivity contribution in [1.82, 2.24) is 9.97 Å². The third kappa shape index (κ3) is 6.45. The first-order chi connectivity index (χ1) is 16.7. The van der Waals surface area contributed by atoms with E-state index < -0.39 is 21.4 Å². The van der Waals surface area contributed by atoms with E-state index in [9.17, 15) is 13.0 Å².